The smallest absolute Gasteiger partial charge is 0.228 e. The van der Waals surface area contributed by atoms with Gasteiger partial charge in [0.05, 0.1) is 7.11 Å². The van der Waals surface area contributed by atoms with E-state index in [1.807, 2.05) is 18.2 Å². The number of hydrogen-bond acceptors (Lipinski definition) is 2. The number of allylic oxidation sites excluding steroid dienone is 3. The van der Waals surface area contributed by atoms with E-state index in [2.05, 4.69) is 40.7 Å². The number of carbonyl (C=O) groups excluding carboxylic acids is 1. The molecule has 21 heavy (non-hydrogen) atoms. The highest BCUT2D eigenvalue weighted by molar-refractivity contribution is 14.1. The molecule has 0 spiro atoms. The van der Waals surface area contributed by atoms with Gasteiger partial charge in [-0.05, 0) is 54.5 Å². The van der Waals surface area contributed by atoms with E-state index in [4.69, 9.17) is 11.2 Å². The molecule has 0 aliphatic rings. The number of halogens is 1. The van der Waals surface area contributed by atoms with Crippen LogP contribution in [-0.2, 0) is 11.2 Å². The van der Waals surface area contributed by atoms with Crippen LogP contribution in [0.5, 0.6) is 5.75 Å². The first kappa shape index (κ1) is 17.5. The lowest BCUT2D eigenvalue weighted by molar-refractivity contribution is -0.109. The minimum absolute atomic E-state index is 0.321. The molecule has 0 bridgehead atoms. The van der Waals surface area contributed by atoms with Crippen molar-refractivity contribution in [2.45, 2.75) is 19.3 Å². The molecule has 0 atom stereocenters. The minimum Gasteiger partial charge on any atom is -0.497 e. The van der Waals surface area contributed by atoms with Crippen LogP contribution in [-0.4, -0.2) is 17.3 Å². The highest BCUT2D eigenvalue weighted by atomic mass is 127. The number of rotatable bonds is 8. The van der Waals surface area contributed by atoms with Crippen molar-refractivity contribution in [1.29, 1.82) is 0 Å². The van der Waals surface area contributed by atoms with Gasteiger partial charge in [0.25, 0.3) is 0 Å². The first-order chi connectivity index (χ1) is 10.2. The number of carbonyl (C=O) groups is 1. The lowest BCUT2D eigenvalue weighted by Crippen LogP contribution is -1.93. The minimum atomic E-state index is -0.321. The summed E-state index contributed by atoms with van der Waals surface area (Å²) in [6.07, 6.45) is 15.6. The zero-order chi connectivity index (χ0) is 15.5. The van der Waals surface area contributed by atoms with Crippen LogP contribution in [0.15, 0.2) is 36.4 Å². The van der Waals surface area contributed by atoms with Gasteiger partial charge in [-0.3, -0.25) is 4.79 Å². The molecule has 0 N–H and O–H groups in total. The summed E-state index contributed by atoms with van der Waals surface area (Å²) in [5.41, 5.74) is 2.15. The van der Waals surface area contributed by atoms with E-state index in [0.717, 1.165) is 40.6 Å². The molecule has 1 rings (SSSR count). The van der Waals surface area contributed by atoms with Crippen LogP contribution in [0.2, 0.25) is 0 Å². The van der Waals surface area contributed by atoms with Gasteiger partial charge < -0.3 is 4.74 Å². The molecule has 0 radical (unpaired) electrons. The Morgan fingerprint density at radius 1 is 1.38 bits per heavy atom. The SMILES string of the molecule is C#CC(=O)/C=C/c1ccc(OC)cc1CC/C=C\CCI. The fraction of sp³-hybridized carbons (Fsp3) is 0.278. The largest absolute Gasteiger partial charge is 0.497 e. The zero-order valence-electron chi connectivity index (χ0n) is 12.1. The summed E-state index contributed by atoms with van der Waals surface area (Å²) in [5.74, 6) is 2.58. The van der Waals surface area contributed by atoms with Crippen LogP contribution in [0.4, 0.5) is 0 Å². The molecule has 1 aromatic carbocycles. The van der Waals surface area contributed by atoms with Crippen molar-refractivity contribution in [3.63, 3.8) is 0 Å². The molecule has 0 fully saturated rings. The lowest BCUT2D eigenvalue weighted by atomic mass is 10.0. The van der Waals surface area contributed by atoms with Crippen molar-refractivity contribution in [1.82, 2.24) is 0 Å². The predicted molar refractivity (Wildman–Crippen MR) is 96.8 cm³/mol. The Morgan fingerprint density at radius 3 is 2.81 bits per heavy atom. The first-order valence-electron chi connectivity index (χ1n) is 6.77. The van der Waals surface area contributed by atoms with E-state index >= 15 is 0 Å². The number of terminal acetylenes is 1. The second kappa shape index (κ2) is 10.2. The molecule has 0 aromatic heterocycles. The molecular weight excluding hydrogens is 375 g/mol. The van der Waals surface area contributed by atoms with Gasteiger partial charge in [-0.2, -0.15) is 0 Å². The summed E-state index contributed by atoms with van der Waals surface area (Å²) in [4.78, 5) is 11.2. The highest BCUT2D eigenvalue weighted by Crippen LogP contribution is 2.20. The summed E-state index contributed by atoms with van der Waals surface area (Å²) >= 11 is 2.36. The van der Waals surface area contributed by atoms with Crippen LogP contribution in [0, 0.1) is 12.3 Å². The normalized spacial score (nSPS) is 10.9. The predicted octanol–water partition coefficient (Wildman–Crippen LogP) is 4.22. The number of ketones is 1. The standard InChI is InChI=1S/C18H19IO2/c1-3-17(20)11-9-15-10-12-18(21-2)14-16(15)8-6-4-5-7-13-19/h1,4-5,9-12,14H,6-8,13H2,2H3/b5-4-,11-9+. The van der Waals surface area contributed by atoms with Gasteiger partial charge in [0, 0.05) is 4.43 Å². The van der Waals surface area contributed by atoms with E-state index in [-0.39, 0.29) is 5.78 Å². The average molecular weight is 394 g/mol. The van der Waals surface area contributed by atoms with E-state index in [0.29, 0.717) is 0 Å². The van der Waals surface area contributed by atoms with Crippen LogP contribution < -0.4 is 4.74 Å². The zero-order valence-corrected chi connectivity index (χ0v) is 14.3. The summed E-state index contributed by atoms with van der Waals surface area (Å²) in [6.45, 7) is 0. The number of benzene rings is 1. The van der Waals surface area contributed by atoms with Gasteiger partial charge in [0.2, 0.25) is 5.78 Å². The van der Waals surface area contributed by atoms with Gasteiger partial charge >= 0.3 is 0 Å². The first-order valence-corrected chi connectivity index (χ1v) is 8.30. The number of alkyl halides is 1. The Balaban J connectivity index is 2.84. The maximum Gasteiger partial charge on any atom is 0.228 e. The quantitative estimate of drug-likeness (QED) is 0.165. The molecule has 0 aliphatic heterocycles. The Kier molecular flexibility index (Phi) is 8.53. The van der Waals surface area contributed by atoms with Crippen molar-refractivity contribution < 1.29 is 9.53 Å². The van der Waals surface area contributed by atoms with Gasteiger partial charge in [0.15, 0.2) is 0 Å². The van der Waals surface area contributed by atoms with Crippen molar-refractivity contribution in [2.75, 3.05) is 11.5 Å². The molecule has 0 aliphatic carbocycles. The average Bonchev–Trinajstić information content (AvgIpc) is 2.52. The summed E-state index contributed by atoms with van der Waals surface area (Å²) in [6, 6.07) is 5.84. The van der Waals surface area contributed by atoms with Crippen molar-refractivity contribution >= 4 is 34.5 Å². The Hall–Kier alpha value is -1.54. The lowest BCUT2D eigenvalue weighted by Gasteiger charge is -2.07. The van der Waals surface area contributed by atoms with Crippen molar-refractivity contribution in [3.05, 3.63) is 47.6 Å². The second-order valence-corrected chi connectivity index (χ2v) is 5.47. The number of ether oxygens (including phenoxy) is 1. The summed E-state index contributed by atoms with van der Waals surface area (Å²) < 4.78 is 6.39. The highest BCUT2D eigenvalue weighted by Gasteiger charge is 2.02. The Morgan fingerprint density at radius 2 is 2.14 bits per heavy atom. The van der Waals surface area contributed by atoms with Crippen LogP contribution >= 0.6 is 22.6 Å². The molecule has 2 nitrogen and oxygen atoms in total. The Labute approximate surface area is 140 Å². The summed E-state index contributed by atoms with van der Waals surface area (Å²) in [5, 5.41) is 0. The summed E-state index contributed by atoms with van der Waals surface area (Å²) in [7, 11) is 1.65. The van der Waals surface area contributed by atoms with Crippen LogP contribution in [0.25, 0.3) is 6.08 Å². The fourth-order valence-electron chi connectivity index (χ4n) is 1.84. The molecule has 3 heteroatoms. The molecule has 0 heterocycles. The molecule has 1 aromatic rings. The van der Waals surface area contributed by atoms with E-state index in [1.165, 1.54) is 6.08 Å². The Bertz CT molecular complexity index is 565. The van der Waals surface area contributed by atoms with Gasteiger partial charge in [-0.25, -0.2) is 0 Å². The van der Waals surface area contributed by atoms with Gasteiger partial charge in [-0.15, -0.1) is 6.42 Å². The van der Waals surface area contributed by atoms with Crippen LogP contribution in [0.1, 0.15) is 24.0 Å². The molecule has 0 saturated carbocycles. The number of aryl methyl sites for hydroxylation is 1. The maximum atomic E-state index is 11.2. The van der Waals surface area contributed by atoms with E-state index in [9.17, 15) is 4.79 Å². The molecule has 0 unspecified atom stereocenters. The maximum absolute atomic E-state index is 11.2. The van der Waals surface area contributed by atoms with Crippen molar-refractivity contribution in [3.8, 4) is 18.1 Å². The molecule has 0 saturated heterocycles. The van der Waals surface area contributed by atoms with Gasteiger partial charge in [0.1, 0.15) is 5.75 Å². The second-order valence-electron chi connectivity index (χ2n) is 4.39. The number of hydrogen-bond donors (Lipinski definition) is 0. The van der Waals surface area contributed by atoms with Crippen molar-refractivity contribution in [2.24, 2.45) is 0 Å². The monoisotopic (exact) mass is 394 g/mol. The third kappa shape index (κ3) is 6.63. The third-order valence-corrected chi connectivity index (χ3v) is 3.55. The molecular formula is C18H19IO2. The van der Waals surface area contributed by atoms with E-state index in [1.54, 1.807) is 13.2 Å². The number of methoxy groups -OCH3 is 1. The third-order valence-electron chi connectivity index (χ3n) is 2.93. The fourth-order valence-corrected chi connectivity index (χ4v) is 2.20. The van der Waals surface area contributed by atoms with Gasteiger partial charge in [-0.1, -0.05) is 46.9 Å². The van der Waals surface area contributed by atoms with E-state index < -0.39 is 0 Å². The van der Waals surface area contributed by atoms with Crippen LogP contribution in [0.3, 0.4) is 0 Å². The molecule has 0 amide bonds. The molecule has 110 valence electrons. The topological polar surface area (TPSA) is 26.3 Å².